The molecule has 0 nitrogen and oxygen atoms in total. The Bertz CT molecular complexity index is 170. The van der Waals surface area contributed by atoms with Gasteiger partial charge >= 0.3 is 0 Å². The first-order valence-corrected chi connectivity index (χ1v) is 5.18. The second-order valence-electron chi connectivity index (χ2n) is 4.63. The lowest BCUT2D eigenvalue weighted by atomic mass is 9.91. The van der Waals surface area contributed by atoms with Crippen molar-refractivity contribution in [3.05, 3.63) is 0 Å². The molecule has 0 bridgehead atoms. The maximum atomic E-state index is 2.46. The summed E-state index contributed by atoms with van der Waals surface area (Å²) in [7, 11) is 0. The largest absolute Gasteiger partial charge is 0.0654 e. The van der Waals surface area contributed by atoms with E-state index in [1.807, 2.05) is 0 Å². The predicted octanol–water partition coefficient (Wildman–Crippen LogP) is 3.47. The first-order chi connectivity index (χ1) is 5.18. The first kappa shape index (κ1) is 7.64. The average Bonchev–Trinajstić information content (AvgIpc) is 2.75. The minimum absolute atomic E-state index is 0.822. The van der Waals surface area contributed by atoms with Gasteiger partial charge in [0.1, 0.15) is 0 Å². The molecule has 0 heteroatoms. The molecule has 0 aromatic rings. The van der Waals surface area contributed by atoms with Crippen LogP contribution in [0.3, 0.4) is 0 Å². The van der Waals surface area contributed by atoms with Crippen molar-refractivity contribution in [2.24, 2.45) is 22.7 Å². The fourth-order valence-corrected chi connectivity index (χ4v) is 4.43. The molecule has 0 saturated heterocycles. The summed E-state index contributed by atoms with van der Waals surface area (Å²) in [6.07, 6.45) is 4.30. The Kier molecular flexibility index (Phi) is 1.28. The van der Waals surface area contributed by atoms with E-state index in [-0.39, 0.29) is 0 Å². The average molecular weight is 152 g/mol. The Balaban J connectivity index is 2.09. The summed E-state index contributed by atoms with van der Waals surface area (Å²) < 4.78 is 0. The molecule has 0 aromatic carbocycles. The third-order valence-corrected chi connectivity index (χ3v) is 5.04. The van der Waals surface area contributed by atoms with Crippen LogP contribution < -0.4 is 0 Å². The lowest BCUT2D eigenvalue weighted by Gasteiger charge is -2.14. The van der Waals surface area contributed by atoms with Crippen LogP contribution in [0.2, 0.25) is 0 Å². The van der Waals surface area contributed by atoms with Crippen LogP contribution in [-0.2, 0) is 0 Å². The molecule has 2 saturated carbocycles. The van der Waals surface area contributed by atoms with Gasteiger partial charge in [-0.2, -0.15) is 0 Å². The molecule has 11 heavy (non-hydrogen) atoms. The van der Waals surface area contributed by atoms with Crippen molar-refractivity contribution < 1.29 is 0 Å². The van der Waals surface area contributed by atoms with Crippen LogP contribution in [0, 0.1) is 22.7 Å². The lowest BCUT2D eigenvalue weighted by Crippen LogP contribution is -2.07. The van der Waals surface area contributed by atoms with Crippen molar-refractivity contribution in [2.75, 3.05) is 0 Å². The molecule has 0 aromatic heterocycles. The first-order valence-electron chi connectivity index (χ1n) is 5.18. The highest BCUT2D eigenvalue weighted by molar-refractivity contribution is 5.38. The van der Waals surface area contributed by atoms with E-state index < -0.39 is 0 Å². The number of hydrogen-bond donors (Lipinski definition) is 0. The molecule has 0 spiro atoms. The highest BCUT2D eigenvalue weighted by Crippen LogP contribution is 2.96. The molecule has 2 aliphatic rings. The summed E-state index contributed by atoms with van der Waals surface area (Å²) >= 11 is 0. The minimum Gasteiger partial charge on any atom is -0.0654 e. The normalized spacial score (nSPS) is 58.9. The highest BCUT2D eigenvalue weighted by atomic mass is 14.9. The van der Waals surface area contributed by atoms with Gasteiger partial charge in [-0.3, -0.25) is 0 Å². The van der Waals surface area contributed by atoms with Crippen LogP contribution >= 0.6 is 0 Å². The van der Waals surface area contributed by atoms with Crippen molar-refractivity contribution in [3.8, 4) is 0 Å². The Hall–Kier alpha value is 0. The third kappa shape index (κ3) is 0.494. The molecule has 0 N–H and O–H groups in total. The van der Waals surface area contributed by atoms with Crippen LogP contribution in [-0.4, -0.2) is 0 Å². The Morgan fingerprint density at radius 2 is 1.55 bits per heavy atom. The molecule has 0 aliphatic heterocycles. The Labute approximate surface area is 70.4 Å². The molecule has 2 rings (SSSR count). The summed E-state index contributed by atoms with van der Waals surface area (Å²) in [5, 5.41) is 0. The topological polar surface area (TPSA) is 0 Å². The molecule has 0 heterocycles. The second-order valence-corrected chi connectivity index (χ2v) is 4.63. The van der Waals surface area contributed by atoms with Gasteiger partial charge in [-0.15, -0.1) is 0 Å². The summed E-state index contributed by atoms with van der Waals surface area (Å²) in [5.74, 6) is 2.10. The Morgan fingerprint density at radius 3 is 1.82 bits per heavy atom. The molecule has 2 unspecified atom stereocenters. The molecular weight excluding hydrogens is 132 g/mol. The van der Waals surface area contributed by atoms with Gasteiger partial charge in [0.25, 0.3) is 0 Å². The summed E-state index contributed by atoms with van der Waals surface area (Å²) in [6, 6.07) is 0. The van der Waals surface area contributed by atoms with E-state index in [1.54, 1.807) is 0 Å². The predicted molar refractivity (Wildman–Crippen MR) is 48.4 cm³/mol. The molecule has 64 valence electrons. The number of rotatable bonds is 3. The van der Waals surface area contributed by atoms with Gasteiger partial charge in [0.2, 0.25) is 0 Å². The van der Waals surface area contributed by atoms with Gasteiger partial charge in [0, 0.05) is 0 Å². The Morgan fingerprint density at radius 1 is 1.00 bits per heavy atom. The van der Waals surface area contributed by atoms with E-state index in [9.17, 15) is 0 Å². The second kappa shape index (κ2) is 1.84. The van der Waals surface area contributed by atoms with Gasteiger partial charge in [-0.1, -0.05) is 34.1 Å². The van der Waals surface area contributed by atoms with Gasteiger partial charge in [0.05, 0.1) is 0 Å². The van der Waals surface area contributed by atoms with E-state index in [1.165, 1.54) is 19.3 Å². The van der Waals surface area contributed by atoms with Gasteiger partial charge in [0.15, 0.2) is 0 Å². The van der Waals surface area contributed by atoms with E-state index in [0.717, 1.165) is 22.7 Å². The summed E-state index contributed by atoms with van der Waals surface area (Å²) in [5.41, 5.74) is 1.65. The molecule has 2 fully saturated rings. The maximum Gasteiger partial charge on any atom is -0.0173 e. The van der Waals surface area contributed by atoms with Crippen molar-refractivity contribution in [1.29, 1.82) is 0 Å². The van der Waals surface area contributed by atoms with Crippen LogP contribution in [0.25, 0.3) is 0 Å². The lowest BCUT2D eigenvalue weighted by molar-refractivity contribution is 0.349. The van der Waals surface area contributed by atoms with Crippen LogP contribution in [0.15, 0.2) is 0 Å². The van der Waals surface area contributed by atoms with Gasteiger partial charge in [-0.25, -0.2) is 0 Å². The fraction of sp³-hybridized carbons (Fsp3) is 1.00. The van der Waals surface area contributed by atoms with Crippen molar-refractivity contribution >= 4 is 0 Å². The van der Waals surface area contributed by atoms with Crippen LogP contribution in [0.1, 0.15) is 47.0 Å². The van der Waals surface area contributed by atoms with Crippen molar-refractivity contribution in [1.82, 2.24) is 0 Å². The van der Waals surface area contributed by atoms with Gasteiger partial charge in [-0.05, 0) is 35.5 Å². The van der Waals surface area contributed by atoms with Crippen LogP contribution in [0.4, 0.5) is 0 Å². The zero-order valence-corrected chi connectivity index (χ0v) is 8.28. The number of hydrogen-bond acceptors (Lipinski definition) is 0. The van der Waals surface area contributed by atoms with E-state index in [4.69, 9.17) is 0 Å². The number of fused-ring (bicyclic) bond motifs is 1. The van der Waals surface area contributed by atoms with Crippen LogP contribution in [0.5, 0.6) is 0 Å². The van der Waals surface area contributed by atoms with E-state index >= 15 is 0 Å². The SMILES string of the molecule is CCCC12C(C)C1(CC)C2C. The molecule has 0 amide bonds. The monoisotopic (exact) mass is 152 g/mol. The minimum atomic E-state index is 0.822. The molecular formula is C11H20. The smallest absolute Gasteiger partial charge is 0.0173 e. The van der Waals surface area contributed by atoms with E-state index in [2.05, 4.69) is 27.7 Å². The summed E-state index contributed by atoms with van der Waals surface area (Å²) in [6.45, 7) is 9.61. The maximum absolute atomic E-state index is 2.46. The van der Waals surface area contributed by atoms with Gasteiger partial charge < -0.3 is 0 Å². The quantitative estimate of drug-likeness (QED) is 0.581. The van der Waals surface area contributed by atoms with E-state index in [0.29, 0.717) is 0 Å². The zero-order chi connectivity index (χ0) is 8.28. The molecule has 2 atom stereocenters. The standard InChI is InChI=1S/C11H20/c1-5-7-11-8(3)10(11,6-2)9(11)4/h8-9H,5-7H2,1-4H3. The summed E-state index contributed by atoms with van der Waals surface area (Å²) in [4.78, 5) is 0. The third-order valence-electron chi connectivity index (χ3n) is 5.04. The van der Waals surface area contributed by atoms with Crippen molar-refractivity contribution in [2.45, 2.75) is 47.0 Å². The molecule has 2 aliphatic carbocycles. The molecule has 0 radical (unpaired) electrons. The zero-order valence-electron chi connectivity index (χ0n) is 8.28. The van der Waals surface area contributed by atoms with Crippen molar-refractivity contribution in [3.63, 3.8) is 0 Å². The fourth-order valence-electron chi connectivity index (χ4n) is 4.43. The highest BCUT2D eigenvalue weighted by Gasteiger charge is 2.91.